The van der Waals surface area contributed by atoms with Crippen molar-refractivity contribution in [2.45, 2.75) is 120 Å². The second-order valence-corrected chi connectivity index (χ2v) is 17.1. The highest BCUT2D eigenvalue weighted by atomic mass is 16.8. The van der Waals surface area contributed by atoms with Crippen LogP contribution in [0.15, 0.2) is 47.0 Å². The zero-order valence-electron chi connectivity index (χ0n) is 38.1. The van der Waals surface area contributed by atoms with Crippen molar-refractivity contribution >= 4 is 23.9 Å². The first-order valence-corrected chi connectivity index (χ1v) is 22.1. The monoisotopic (exact) mass is 976 g/mol. The maximum Gasteiger partial charge on any atom is 0.337 e. The third-order valence-electron chi connectivity index (χ3n) is 13.3. The number of ether oxygens (including phenoxy) is 10. The zero-order valence-corrected chi connectivity index (χ0v) is 38.1. The van der Waals surface area contributed by atoms with Crippen LogP contribution in [0.25, 0.3) is 0 Å². The van der Waals surface area contributed by atoms with Gasteiger partial charge in [-0.3, -0.25) is 9.59 Å². The molecule has 3 fully saturated rings. The first-order valence-electron chi connectivity index (χ1n) is 22.1. The molecule has 5 rings (SSSR count). The molecule has 0 radical (unpaired) electrons. The Balaban J connectivity index is 1.24. The van der Waals surface area contributed by atoms with Crippen LogP contribution in [0.2, 0.25) is 0 Å². The van der Waals surface area contributed by atoms with Gasteiger partial charge >= 0.3 is 23.9 Å². The molecule has 24 nitrogen and oxygen atoms in total. The molecule has 1 saturated carbocycles. The molecule has 0 unspecified atom stereocenters. The number of aliphatic hydroxyl groups is 10. The summed E-state index contributed by atoms with van der Waals surface area (Å²) in [6.45, 7) is 2.25. The minimum Gasteiger partial charge on any atom is -0.468 e. The molecule has 5 aliphatic rings. The van der Waals surface area contributed by atoms with E-state index in [2.05, 4.69) is 0 Å². The van der Waals surface area contributed by atoms with Crippen LogP contribution in [-0.2, 0) is 66.5 Å². The molecular weight excluding hydrogens is 912 g/mol. The lowest BCUT2D eigenvalue weighted by molar-refractivity contribution is -0.327. The summed E-state index contributed by atoms with van der Waals surface area (Å²) in [6.07, 6.45) is -15.8. The quantitative estimate of drug-likeness (QED) is 0.0365. The van der Waals surface area contributed by atoms with E-state index in [4.69, 9.17) is 47.4 Å². The third kappa shape index (κ3) is 12.1. The van der Waals surface area contributed by atoms with Crippen molar-refractivity contribution in [1.82, 2.24) is 0 Å². The Hall–Kier alpha value is -4.12. The molecule has 0 amide bonds. The number of allylic oxidation sites excluding steroid dienone is 2. The van der Waals surface area contributed by atoms with Gasteiger partial charge in [0.25, 0.3) is 0 Å². The fourth-order valence-electron chi connectivity index (χ4n) is 9.16. The van der Waals surface area contributed by atoms with Crippen molar-refractivity contribution < 1.29 is 118 Å². The van der Waals surface area contributed by atoms with Gasteiger partial charge in [-0.2, -0.15) is 0 Å². The van der Waals surface area contributed by atoms with E-state index in [0.717, 1.165) is 26.7 Å². The highest BCUT2D eigenvalue weighted by Gasteiger charge is 2.50. The molecule has 1 aliphatic carbocycles. The number of aliphatic hydroxyl groups excluding tert-OH is 10. The van der Waals surface area contributed by atoms with Gasteiger partial charge < -0.3 is 98.4 Å². The zero-order chi connectivity index (χ0) is 50.1. The number of esters is 4. The van der Waals surface area contributed by atoms with Crippen LogP contribution in [-0.4, -0.2) is 202 Å². The van der Waals surface area contributed by atoms with Gasteiger partial charge in [-0.1, -0.05) is 19.1 Å². The van der Waals surface area contributed by atoms with Gasteiger partial charge in [0.15, 0.2) is 12.6 Å². The van der Waals surface area contributed by atoms with Gasteiger partial charge in [-0.15, -0.1) is 0 Å². The van der Waals surface area contributed by atoms with E-state index >= 15 is 0 Å². The Kier molecular flexibility index (Phi) is 19.9. The van der Waals surface area contributed by atoms with Crippen LogP contribution in [0.3, 0.4) is 0 Å². The lowest BCUT2D eigenvalue weighted by atomic mass is 9.82. The van der Waals surface area contributed by atoms with E-state index in [1.54, 1.807) is 20.8 Å². The Labute approximate surface area is 390 Å². The van der Waals surface area contributed by atoms with Crippen molar-refractivity contribution in [3.63, 3.8) is 0 Å². The number of carbonyl (C=O) groups excluding carboxylic acids is 4. The topological polar surface area (TPSA) is 363 Å². The van der Waals surface area contributed by atoms with Crippen LogP contribution < -0.4 is 0 Å². The Morgan fingerprint density at radius 2 is 1.12 bits per heavy atom. The molecule has 2 saturated heterocycles. The van der Waals surface area contributed by atoms with Crippen LogP contribution in [0.1, 0.15) is 40.0 Å². The highest BCUT2D eigenvalue weighted by molar-refractivity contribution is 5.91. The Bertz CT molecular complexity index is 1860. The van der Waals surface area contributed by atoms with Crippen LogP contribution >= 0.6 is 0 Å². The van der Waals surface area contributed by atoms with Crippen molar-refractivity contribution in [2.24, 2.45) is 35.5 Å². The summed E-state index contributed by atoms with van der Waals surface area (Å²) in [5.41, 5.74) is 0.181. The number of carbonyl (C=O) groups is 4. The summed E-state index contributed by atoms with van der Waals surface area (Å²) in [6, 6.07) is 0. The first kappa shape index (κ1) is 54.8. The maximum absolute atomic E-state index is 13.6. The van der Waals surface area contributed by atoms with E-state index in [-0.39, 0.29) is 41.9 Å². The first-order chi connectivity index (χ1) is 32.4. The van der Waals surface area contributed by atoms with E-state index in [9.17, 15) is 70.2 Å². The summed E-state index contributed by atoms with van der Waals surface area (Å²) >= 11 is 0. The Morgan fingerprint density at radius 3 is 1.51 bits per heavy atom. The predicted molar refractivity (Wildman–Crippen MR) is 223 cm³/mol. The van der Waals surface area contributed by atoms with Gasteiger partial charge in [0, 0.05) is 41.4 Å². The number of methoxy groups -OCH3 is 2. The lowest BCUT2D eigenvalue weighted by Gasteiger charge is -2.42. The third-order valence-corrected chi connectivity index (χ3v) is 13.3. The fourth-order valence-corrected chi connectivity index (χ4v) is 9.16. The smallest absolute Gasteiger partial charge is 0.337 e. The fraction of sp³-hybridized carbons (Fsp3) is 0.727. The van der Waals surface area contributed by atoms with E-state index in [1.807, 2.05) is 0 Å². The van der Waals surface area contributed by atoms with Crippen molar-refractivity contribution in [2.75, 3.05) is 47.3 Å². The molecule has 384 valence electrons. The van der Waals surface area contributed by atoms with Crippen LogP contribution in [0, 0.1) is 35.5 Å². The number of rotatable bonds is 18. The molecule has 0 bridgehead atoms. The summed E-state index contributed by atoms with van der Waals surface area (Å²) < 4.78 is 55.0. The number of hydrogen-bond donors (Lipinski definition) is 10. The van der Waals surface area contributed by atoms with Gasteiger partial charge in [-0.25, -0.2) is 9.59 Å². The van der Waals surface area contributed by atoms with E-state index in [1.165, 1.54) is 12.2 Å². The SMILES string of the molecule is C/C=C1\[C@H](O[C@@H]2O[C@H](CO)[C@@H](O)[C@H](O)[C@H]2O)OC=C(C(=O)OC)[C@H]1CC(=O)OC[C@H](CO)[C@@H]1C[C@@H](O)[C@H](C)[C@H]1COC(=O)C[C@@H]1C(C(=O)OC)=CO[C@@H](O[C@@H]2O[C@H](CO)[C@@H](O)[C@H](O)[C@H]2O)/C1=C\C. The van der Waals surface area contributed by atoms with Crippen molar-refractivity contribution in [3.05, 3.63) is 47.0 Å². The molecule has 4 heterocycles. The minimum absolute atomic E-state index is 0.0933. The van der Waals surface area contributed by atoms with Gasteiger partial charge in [0.05, 0.1) is 83.3 Å². The Morgan fingerprint density at radius 1 is 0.676 bits per heavy atom. The predicted octanol–water partition coefficient (Wildman–Crippen LogP) is -3.32. The average Bonchev–Trinajstić information content (AvgIpc) is 3.61. The molecule has 0 aromatic rings. The molecule has 0 aromatic heterocycles. The molecule has 68 heavy (non-hydrogen) atoms. The largest absolute Gasteiger partial charge is 0.468 e. The van der Waals surface area contributed by atoms with E-state index < -0.39 is 172 Å². The summed E-state index contributed by atoms with van der Waals surface area (Å²) in [7, 11) is 2.23. The minimum atomic E-state index is -1.79. The van der Waals surface area contributed by atoms with Crippen molar-refractivity contribution in [3.8, 4) is 0 Å². The normalized spacial score (nSPS) is 38.9. The molecule has 10 N–H and O–H groups in total. The second-order valence-electron chi connectivity index (χ2n) is 17.1. The summed E-state index contributed by atoms with van der Waals surface area (Å²) in [4.78, 5) is 52.9. The van der Waals surface area contributed by atoms with Gasteiger partial charge in [0.1, 0.15) is 48.8 Å². The standard InChI is InChI=1S/C44H64O24/c1-6-20-23(26(39(57)59-4)16-63-41(20)67-43-37(55)35(53)33(51)29(12-46)65-43)9-31(49)61-14-19(11-45)22-8-28(48)18(3)25(22)15-62-32(50)10-24-21(7-2)42(64-17-27(24)40(58)60-5)68-44-38(56)36(54)34(52)30(13-47)66-44/h6-7,16-19,22-25,28-30,33-38,41-48,51-56H,8-15H2,1-5H3/b20-6-,21-7-/t18-,19+,22+,23+,24+,25-,28-,29-,30-,33-,34-,35+,36+,37-,38-,41+,42+,43+,44+/m1/s1. The van der Waals surface area contributed by atoms with Crippen LogP contribution in [0.4, 0.5) is 0 Å². The highest BCUT2D eigenvalue weighted by Crippen LogP contribution is 2.43. The molecule has 24 heteroatoms. The summed E-state index contributed by atoms with van der Waals surface area (Å²) in [5.74, 6) is -7.89. The second kappa shape index (κ2) is 24.6. The molecule has 0 aromatic carbocycles. The molecule has 4 aliphatic heterocycles. The van der Waals surface area contributed by atoms with Crippen molar-refractivity contribution in [1.29, 1.82) is 0 Å². The maximum atomic E-state index is 13.6. The van der Waals surface area contributed by atoms with Gasteiger partial charge in [0.2, 0.25) is 12.6 Å². The molecule has 0 spiro atoms. The van der Waals surface area contributed by atoms with Gasteiger partial charge in [-0.05, 0) is 32.1 Å². The van der Waals surface area contributed by atoms with Crippen LogP contribution in [0.5, 0.6) is 0 Å². The molecule has 19 atom stereocenters. The average molecular weight is 977 g/mol. The number of hydrogen-bond acceptors (Lipinski definition) is 24. The summed E-state index contributed by atoms with van der Waals surface area (Å²) in [5, 5.41) is 103. The van der Waals surface area contributed by atoms with E-state index in [0.29, 0.717) is 0 Å². The molecular formula is C44H64O24. The lowest BCUT2D eigenvalue weighted by Crippen LogP contribution is -2.60.